The van der Waals surface area contributed by atoms with Gasteiger partial charge < -0.3 is 5.73 Å². The zero-order valence-corrected chi connectivity index (χ0v) is 12.2. The summed E-state index contributed by atoms with van der Waals surface area (Å²) in [4.78, 5) is 4.76. The van der Waals surface area contributed by atoms with E-state index in [-0.39, 0.29) is 0 Å². The van der Waals surface area contributed by atoms with Crippen LogP contribution in [0, 0.1) is 18.3 Å². The second kappa shape index (κ2) is 5.71. The number of benzene rings is 2. The summed E-state index contributed by atoms with van der Waals surface area (Å²) in [5, 5.41) is 8.90. The number of anilines is 1. The predicted molar refractivity (Wildman–Crippen MR) is 89.0 cm³/mol. The maximum atomic E-state index is 8.90. The number of hydrogen-bond acceptors (Lipinski definition) is 3. The van der Waals surface area contributed by atoms with Crippen molar-refractivity contribution in [2.45, 2.75) is 6.92 Å². The van der Waals surface area contributed by atoms with Crippen LogP contribution in [0.1, 0.15) is 11.1 Å². The maximum absolute atomic E-state index is 8.90. The Balaban J connectivity index is 2.14. The van der Waals surface area contributed by atoms with E-state index in [9.17, 15) is 0 Å². The minimum Gasteiger partial charge on any atom is -0.397 e. The lowest BCUT2D eigenvalue weighted by Crippen LogP contribution is -1.98. The molecule has 22 heavy (non-hydrogen) atoms. The van der Waals surface area contributed by atoms with Crippen molar-refractivity contribution in [2.75, 3.05) is 5.73 Å². The van der Waals surface area contributed by atoms with Gasteiger partial charge in [0.15, 0.2) is 0 Å². The van der Waals surface area contributed by atoms with Crippen LogP contribution in [0.4, 0.5) is 5.69 Å². The van der Waals surface area contributed by atoms with E-state index in [4.69, 9.17) is 16.0 Å². The largest absolute Gasteiger partial charge is 0.397 e. The third-order valence-corrected chi connectivity index (χ3v) is 3.58. The Morgan fingerprint density at radius 3 is 2.18 bits per heavy atom. The molecule has 3 rings (SSSR count). The number of hydrogen-bond donors (Lipinski definition) is 1. The van der Waals surface area contributed by atoms with Crippen molar-refractivity contribution in [3.05, 3.63) is 71.8 Å². The first-order valence-electron chi connectivity index (χ1n) is 7.02. The number of nitriles is 1. The molecule has 0 saturated carbocycles. The van der Waals surface area contributed by atoms with Gasteiger partial charge in [-0.25, -0.2) is 4.98 Å². The number of nitrogens with two attached hydrogens (primary N) is 1. The zero-order valence-electron chi connectivity index (χ0n) is 12.2. The minimum absolute atomic E-state index is 0.639. The van der Waals surface area contributed by atoms with Crippen LogP contribution < -0.4 is 5.73 Å². The van der Waals surface area contributed by atoms with Gasteiger partial charge in [-0.1, -0.05) is 42.5 Å². The van der Waals surface area contributed by atoms with E-state index in [2.05, 4.69) is 6.07 Å². The van der Waals surface area contributed by atoms with Gasteiger partial charge >= 0.3 is 0 Å². The molecule has 0 aliphatic rings. The van der Waals surface area contributed by atoms with Gasteiger partial charge in [0.25, 0.3) is 0 Å². The van der Waals surface area contributed by atoms with Crippen LogP contribution in [0.5, 0.6) is 0 Å². The molecule has 0 aliphatic heterocycles. The highest BCUT2D eigenvalue weighted by Gasteiger charge is 2.10. The van der Waals surface area contributed by atoms with Crippen molar-refractivity contribution in [1.82, 2.24) is 4.98 Å². The SMILES string of the molecule is Cc1cc(N)c(-c2ccccc2)nc1-c1ccc(C#N)cc1. The summed E-state index contributed by atoms with van der Waals surface area (Å²) in [6.07, 6.45) is 0. The van der Waals surface area contributed by atoms with Crippen LogP contribution in [0.15, 0.2) is 60.7 Å². The van der Waals surface area contributed by atoms with E-state index < -0.39 is 0 Å². The summed E-state index contributed by atoms with van der Waals surface area (Å²) in [5.74, 6) is 0. The number of nitrogen functional groups attached to an aromatic ring is 1. The molecule has 0 bridgehead atoms. The van der Waals surface area contributed by atoms with Gasteiger partial charge in [0, 0.05) is 11.1 Å². The molecule has 0 fully saturated rings. The van der Waals surface area contributed by atoms with E-state index in [1.165, 1.54) is 0 Å². The lowest BCUT2D eigenvalue weighted by molar-refractivity contribution is 1.27. The van der Waals surface area contributed by atoms with E-state index in [1.807, 2.05) is 55.5 Å². The molecule has 0 saturated heterocycles. The van der Waals surface area contributed by atoms with Gasteiger partial charge in [-0.2, -0.15) is 5.26 Å². The van der Waals surface area contributed by atoms with Gasteiger partial charge in [0.05, 0.1) is 28.7 Å². The van der Waals surface area contributed by atoms with Gasteiger partial charge in [-0.15, -0.1) is 0 Å². The first-order chi connectivity index (χ1) is 10.7. The maximum Gasteiger partial charge on any atom is 0.0991 e. The average Bonchev–Trinajstić information content (AvgIpc) is 2.56. The fourth-order valence-corrected chi connectivity index (χ4v) is 2.46. The second-order valence-electron chi connectivity index (χ2n) is 5.15. The van der Waals surface area contributed by atoms with Gasteiger partial charge in [-0.05, 0) is 30.7 Å². The van der Waals surface area contributed by atoms with E-state index in [0.717, 1.165) is 28.1 Å². The lowest BCUT2D eigenvalue weighted by Gasteiger charge is -2.11. The van der Waals surface area contributed by atoms with Crippen LogP contribution >= 0.6 is 0 Å². The Hall–Kier alpha value is -3.12. The highest BCUT2D eigenvalue weighted by atomic mass is 14.8. The summed E-state index contributed by atoms with van der Waals surface area (Å²) in [6, 6.07) is 21.4. The fourth-order valence-electron chi connectivity index (χ4n) is 2.46. The molecule has 1 heterocycles. The van der Waals surface area contributed by atoms with E-state index >= 15 is 0 Å². The summed E-state index contributed by atoms with van der Waals surface area (Å²) >= 11 is 0. The molecule has 106 valence electrons. The molecule has 0 unspecified atom stereocenters. The number of aromatic nitrogens is 1. The normalized spacial score (nSPS) is 10.2. The first kappa shape index (κ1) is 13.8. The molecule has 2 aromatic carbocycles. The highest BCUT2D eigenvalue weighted by Crippen LogP contribution is 2.30. The van der Waals surface area contributed by atoms with E-state index in [0.29, 0.717) is 11.3 Å². The lowest BCUT2D eigenvalue weighted by atomic mass is 10.0. The van der Waals surface area contributed by atoms with Crippen LogP contribution in [0.2, 0.25) is 0 Å². The standard InChI is InChI=1S/C19H15N3/c1-13-11-17(21)19(15-5-3-2-4-6-15)22-18(13)16-9-7-14(12-20)8-10-16/h2-11H,21H2,1H3. The third kappa shape index (κ3) is 2.55. The van der Waals surface area contributed by atoms with E-state index in [1.54, 1.807) is 12.1 Å². The number of pyridine rings is 1. The second-order valence-corrected chi connectivity index (χ2v) is 5.15. The molecule has 0 spiro atoms. The predicted octanol–water partition coefficient (Wildman–Crippen LogP) is 4.18. The molecular weight excluding hydrogens is 270 g/mol. The van der Waals surface area contributed by atoms with Crippen LogP contribution in [-0.4, -0.2) is 4.98 Å². The summed E-state index contributed by atoms with van der Waals surface area (Å²) < 4.78 is 0. The summed E-state index contributed by atoms with van der Waals surface area (Å²) in [5.41, 5.74) is 12.1. The number of aryl methyl sites for hydroxylation is 1. The third-order valence-electron chi connectivity index (χ3n) is 3.58. The fraction of sp³-hybridized carbons (Fsp3) is 0.0526. The van der Waals surface area contributed by atoms with Crippen molar-refractivity contribution in [1.29, 1.82) is 5.26 Å². The van der Waals surface area contributed by atoms with Crippen molar-refractivity contribution in [3.63, 3.8) is 0 Å². The molecule has 3 heteroatoms. The molecule has 3 nitrogen and oxygen atoms in total. The Morgan fingerprint density at radius 2 is 1.55 bits per heavy atom. The highest BCUT2D eigenvalue weighted by molar-refractivity contribution is 5.77. The monoisotopic (exact) mass is 285 g/mol. The quantitative estimate of drug-likeness (QED) is 0.768. The molecule has 0 amide bonds. The van der Waals surface area contributed by atoms with Crippen molar-refractivity contribution in [3.8, 4) is 28.6 Å². The average molecular weight is 285 g/mol. The zero-order chi connectivity index (χ0) is 15.5. The van der Waals surface area contributed by atoms with Crippen molar-refractivity contribution < 1.29 is 0 Å². The van der Waals surface area contributed by atoms with Crippen LogP contribution in [0.25, 0.3) is 22.5 Å². The van der Waals surface area contributed by atoms with Gasteiger partial charge in [0.1, 0.15) is 0 Å². The van der Waals surface area contributed by atoms with Crippen LogP contribution in [-0.2, 0) is 0 Å². The topological polar surface area (TPSA) is 62.7 Å². The molecule has 1 aromatic heterocycles. The van der Waals surface area contributed by atoms with Crippen LogP contribution in [0.3, 0.4) is 0 Å². The van der Waals surface area contributed by atoms with Gasteiger partial charge in [0.2, 0.25) is 0 Å². The Morgan fingerprint density at radius 1 is 0.909 bits per heavy atom. The van der Waals surface area contributed by atoms with Gasteiger partial charge in [-0.3, -0.25) is 0 Å². The molecular formula is C19H15N3. The Bertz CT molecular complexity index is 844. The summed E-state index contributed by atoms with van der Waals surface area (Å²) in [7, 11) is 0. The molecule has 0 radical (unpaired) electrons. The smallest absolute Gasteiger partial charge is 0.0991 e. The molecule has 0 atom stereocenters. The van der Waals surface area contributed by atoms with Crippen molar-refractivity contribution in [2.24, 2.45) is 0 Å². The Labute approximate surface area is 129 Å². The number of rotatable bonds is 2. The Kier molecular flexibility index (Phi) is 3.59. The molecule has 3 aromatic rings. The summed E-state index contributed by atoms with van der Waals surface area (Å²) in [6.45, 7) is 1.99. The first-order valence-corrected chi connectivity index (χ1v) is 7.02. The number of nitrogens with zero attached hydrogens (tertiary/aromatic N) is 2. The molecule has 0 aliphatic carbocycles. The van der Waals surface area contributed by atoms with Crippen molar-refractivity contribution >= 4 is 5.69 Å². The molecule has 2 N–H and O–H groups in total. The minimum atomic E-state index is 0.639.